The van der Waals surface area contributed by atoms with E-state index in [4.69, 9.17) is 5.73 Å². The van der Waals surface area contributed by atoms with Crippen molar-refractivity contribution in [2.24, 2.45) is 5.73 Å². The number of nitrogens with zero attached hydrogens (tertiary/aromatic N) is 5. The van der Waals surface area contributed by atoms with Crippen molar-refractivity contribution in [2.75, 3.05) is 25.0 Å². The van der Waals surface area contributed by atoms with Crippen molar-refractivity contribution in [2.45, 2.75) is 18.8 Å². The minimum Gasteiger partial charge on any atom is -0.342 e. The van der Waals surface area contributed by atoms with Crippen LogP contribution < -0.4 is 11.1 Å². The number of nitrogens with one attached hydrogen (secondary N) is 1. The number of hydrogen-bond acceptors (Lipinski definition) is 7. The molecule has 23 heavy (non-hydrogen) atoms. The van der Waals surface area contributed by atoms with Crippen LogP contribution in [-0.2, 0) is 4.79 Å². The average Bonchev–Trinajstić information content (AvgIpc) is 2.62. The smallest absolute Gasteiger partial charge is 0.236 e. The lowest BCUT2D eigenvalue weighted by Gasteiger charge is -2.31. The Kier molecular flexibility index (Phi) is 4.72. The van der Waals surface area contributed by atoms with Gasteiger partial charge in [0, 0.05) is 30.9 Å². The molecule has 1 amide bonds. The predicted molar refractivity (Wildman–Crippen MR) is 85.0 cm³/mol. The van der Waals surface area contributed by atoms with Gasteiger partial charge in [-0.25, -0.2) is 19.9 Å². The zero-order chi connectivity index (χ0) is 16.1. The second-order valence-electron chi connectivity index (χ2n) is 5.42. The number of amides is 1. The molecule has 3 N–H and O–H groups in total. The Morgan fingerprint density at radius 3 is 2.74 bits per heavy atom. The number of carbonyl (C=O) groups excluding carboxylic acids is 1. The second-order valence-corrected chi connectivity index (χ2v) is 5.42. The van der Waals surface area contributed by atoms with Crippen LogP contribution in [0.15, 0.2) is 31.0 Å². The molecule has 0 atom stereocenters. The minimum absolute atomic E-state index is 0.0116. The molecule has 120 valence electrons. The van der Waals surface area contributed by atoms with Crippen molar-refractivity contribution in [3.05, 3.63) is 36.7 Å². The summed E-state index contributed by atoms with van der Waals surface area (Å²) in [5.74, 6) is 0.864. The minimum atomic E-state index is 0.0116. The Labute approximate surface area is 134 Å². The van der Waals surface area contributed by atoms with E-state index < -0.39 is 0 Å². The average molecular weight is 313 g/mol. The van der Waals surface area contributed by atoms with Crippen LogP contribution in [-0.4, -0.2) is 50.4 Å². The summed E-state index contributed by atoms with van der Waals surface area (Å²) >= 11 is 0. The Morgan fingerprint density at radius 2 is 2.04 bits per heavy atom. The molecule has 2 aromatic rings. The molecule has 0 saturated carbocycles. The number of carbonyl (C=O) groups is 1. The van der Waals surface area contributed by atoms with E-state index in [1.165, 1.54) is 6.33 Å². The first-order valence-corrected chi connectivity index (χ1v) is 7.59. The predicted octanol–water partition coefficient (Wildman–Crippen LogP) is 0.675. The number of aromatic nitrogens is 4. The van der Waals surface area contributed by atoms with Crippen molar-refractivity contribution >= 4 is 17.5 Å². The molecule has 0 aromatic carbocycles. The lowest BCUT2D eigenvalue weighted by Crippen LogP contribution is -2.41. The van der Waals surface area contributed by atoms with E-state index in [2.05, 4.69) is 25.3 Å². The van der Waals surface area contributed by atoms with E-state index in [9.17, 15) is 4.79 Å². The SMILES string of the molecule is NCC(=O)N1CCC(c2ccnc(Nc3cncnc3)n2)CC1. The van der Waals surface area contributed by atoms with Crippen LogP contribution in [0.5, 0.6) is 0 Å². The molecular formula is C15H19N7O. The number of anilines is 2. The molecular weight excluding hydrogens is 294 g/mol. The van der Waals surface area contributed by atoms with Gasteiger partial charge in [0.1, 0.15) is 6.33 Å². The molecule has 3 rings (SSSR count). The van der Waals surface area contributed by atoms with Crippen molar-refractivity contribution < 1.29 is 4.79 Å². The highest BCUT2D eigenvalue weighted by atomic mass is 16.2. The fourth-order valence-electron chi connectivity index (χ4n) is 2.71. The topological polar surface area (TPSA) is 110 Å². The lowest BCUT2D eigenvalue weighted by molar-refractivity contribution is -0.130. The van der Waals surface area contributed by atoms with Gasteiger partial charge >= 0.3 is 0 Å². The van der Waals surface area contributed by atoms with Gasteiger partial charge in [0.15, 0.2) is 0 Å². The highest BCUT2D eigenvalue weighted by molar-refractivity contribution is 5.78. The van der Waals surface area contributed by atoms with E-state index in [-0.39, 0.29) is 12.5 Å². The van der Waals surface area contributed by atoms with Gasteiger partial charge in [0.25, 0.3) is 0 Å². The Morgan fingerprint density at radius 1 is 1.30 bits per heavy atom. The zero-order valence-corrected chi connectivity index (χ0v) is 12.7. The van der Waals surface area contributed by atoms with Crippen LogP contribution in [0.2, 0.25) is 0 Å². The highest BCUT2D eigenvalue weighted by Crippen LogP contribution is 2.27. The van der Waals surface area contributed by atoms with Crippen LogP contribution in [0, 0.1) is 0 Å². The summed E-state index contributed by atoms with van der Waals surface area (Å²) < 4.78 is 0. The molecule has 0 bridgehead atoms. The molecule has 1 aliphatic heterocycles. The number of nitrogens with two attached hydrogens (primary N) is 1. The van der Waals surface area contributed by atoms with Gasteiger partial charge in [-0.15, -0.1) is 0 Å². The molecule has 8 heteroatoms. The summed E-state index contributed by atoms with van der Waals surface area (Å²) in [5, 5.41) is 3.09. The lowest BCUT2D eigenvalue weighted by atomic mass is 9.93. The molecule has 8 nitrogen and oxygen atoms in total. The summed E-state index contributed by atoms with van der Waals surface area (Å²) in [6.45, 7) is 1.52. The number of piperidine rings is 1. The molecule has 0 spiro atoms. The maximum atomic E-state index is 11.6. The number of rotatable bonds is 4. The van der Waals surface area contributed by atoms with E-state index >= 15 is 0 Å². The summed E-state index contributed by atoms with van der Waals surface area (Å²) in [4.78, 5) is 30.1. The van der Waals surface area contributed by atoms with E-state index in [1.54, 1.807) is 18.6 Å². The fraction of sp³-hybridized carbons (Fsp3) is 0.400. The summed E-state index contributed by atoms with van der Waals surface area (Å²) in [6.07, 6.45) is 8.32. The Bertz CT molecular complexity index is 656. The van der Waals surface area contributed by atoms with Crippen LogP contribution in [0.1, 0.15) is 24.5 Å². The van der Waals surface area contributed by atoms with Crippen molar-refractivity contribution in [3.8, 4) is 0 Å². The molecule has 1 aliphatic rings. The normalized spacial score (nSPS) is 15.4. The zero-order valence-electron chi connectivity index (χ0n) is 12.7. The van der Waals surface area contributed by atoms with Gasteiger partial charge in [-0.1, -0.05) is 0 Å². The van der Waals surface area contributed by atoms with Crippen molar-refractivity contribution in [1.29, 1.82) is 0 Å². The number of hydrogen-bond donors (Lipinski definition) is 2. The monoisotopic (exact) mass is 313 g/mol. The van der Waals surface area contributed by atoms with Crippen LogP contribution in [0.25, 0.3) is 0 Å². The first kappa shape index (κ1) is 15.3. The second kappa shape index (κ2) is 7.10. The van der Waals surface area contributed by atoms with Crippen LogP contribution in [0.4, 0.5) is 11.6 Å². The fourth-order valence-corrected chi connectivity index (χ4v) is 2.71. The van der Waals surface area contributed by atoms with Crippen LogP contribution in [0.3, 0.4) is 0 Å². The van der Waals surface area contributed by atoms with Gasteiger partial charge in [-0.2, -0.15) is 0 Å². The van der Waals surface area contributed by atoms with Gasteiger partial charge in [0.05, 0.1) is 24.6 Å². The maximum Gasteiger partial charge on any atom is 0.236 e. The molecule has 1 saturated heterocycles. The van der Waals surface area contributed by atoms with Gasteiger partial charge in [-0.3, -0.25) is 4.79 Å². The quantitative estimate of drug-likeness (QED) is 0.853. The highest BCUT2D eigenvalue weighted by Gasteiger charge is 2.24. The molecule has 0 unspecified atom stereocenters. The first-order chi connectivity index (χ1) is 11.3. The van der Waals surface area contributed by atoms with E-state index in [0.29, 0.717) is 11.9 Å². The van der Waals surface area contributed by atoms with E-state index in [1.807, 2.05) is 11.0 Å². The summed E-state index contributed by atoms with van der Waals surface area (Å²) in [7, 11) is 0. The molecule has 1 fully saturated rings. The number of likely N-dealkylation sites (tertiary alicyclic amines) is 1. The summed E-state index contributed by atoms with van der Waals surface area (Å²) in [6, 6.07) is 1.93. The molecule has 0 aliphatic carbocycles. The third kappa shape index (κ3) is 3.78. The van der Waals surface area contributed by atoms with Gasteiger partial charge in [-0.05, 0) is 18.9 Å². The third-order valence-corrected chi connectivity index (χ3v) is 3.93. The summed E-state index contributed by atoms with van der Waals surface area (Å²) in [5.41, 5.74) is 7.14. The molecule has 3 heterocycles. The largest absolute Gasteiger partial charge is 0.342 e. The van der Waals surface area contributed by atoms with Gasteiger partial charge in [0.2, 0.25) is 11.9 Å². The standard InChI is InChI=1S/C15H19N7O/c16-7-14(23)22-5-2-11(3-6-22)13-1-4-19-15(21-13)20-12-8-17-10-18-9-12/h1,4,8-11H,2-3,5-7,16H2,(H,19,20,21). The first-order valence-electron chi connectivity index (χ1n) is 7.59. The van der Waals surface area contributed by atoms with E-state index in [0.717, 1.165) is 37.3 Å². The maximum absolute atomic E-state index is 11.6. The van der Waals surface area contributed by atoms with Crippen molar-refractivity contribution in [1.82, 2.24) is 24.8 Å². The van der Waals surface area contributed by atoms with Crippen molar-refractivity contribution in [3.63, 3.8) is 0 Å². The third-order valence-electron chi connectivity index (χ3n) is 3.93. The molecule has 0 radical (unpaired) electrons. The molecule has 2 aromatic heterocycles. The Hall–Kier alpha value is -2.61. The van der Waals surface area contributed by atoms with Crippen LogP contribution >= 0.6 is 0 Å². The Balaban J connectivity index is 1.65. The van der Waals surface area contributed by atoms with Gasteiger partial charge < -0.3 is 16.0 Å².